The number of nitrogens with one attached hydrogen (secondary N) is 1. The summed E-state index contributed by atoms with van der Waals surface area (Å²) in [7, 11) is 0. The van der Waals surface area contributed by atoms with Crippen molar-refractivity contribution in [2.45, 2.75) is 13.3 Å². The normalized spacial score (nSPS) is 12.7. The summed E-state index contributed by atoms with van der Waals surface area (Å²) in [6.45, 7) is 2.18. The minimum absolute atomic E-state index is 0.121. The molecule has 6 heteroatoms. The number of aliphatic carboxylic acids is 1. The Hall–Kier alpha value is -2.50. The Bertz CT molecular complexity index is 648. The summed E-state index contributed by atoms with van der Waals surface area (Å²) in [5, 5.41) is 8.73. The van der Waals surface area contributed by atoms with Crippen LogP contribution in [0.4, 0.5) is 0 Å². The van der Waals surface area contributed by atoms with Gasteiger partial charge in [0.05, 0.1) is 11.9 Å². The number of imidazole rings is 1. The van der Waals surface area contributed by atoms with Gasteiger partial charge in [-0.05, 0) is 24.6 Å². The van der Waals surface area contributed by atoms with Crippen LogP contribution in [-0.2, 0) is 11.2 Å². The van der Waals surface area contributed by atoms with Crippen molar-refractivity contribution >= 4 is 5.97 Å². The summed E-state index contributed by atoms with van der Waals surface area (Å²) in [6.07, 6.45) is 1.51. The number of nitrogens with zero attached hydrogens (tertiary/aromatic N) is 1. The Morgan fingerprint density at radius 3 is 2.89 bits per heavy atom. The van der Waals surface area contributed by atoms with Crippen LogP contribution in [0, 0.1) is 6.92 Å². The lowest BCUT2D eigenvalue weighted by Crippen LogP contribution is -2.01. The minimum Gasteiger partial charge on any atom is -0.481 e. The molecule has 0 atom stereocenters. The van der Waals surface area contributed by atoms with Crippen LogP contribution in [0.5, 0.6) is 11.5 Å². The fourth-order valence-corrected chi connectivity index (χ4v) is 2.07. The largest absolute Gasteiger partial charge is 0.481 e. The molecule has 3 rings (SSSR count). The highest BCUT2D eigenvalue weighted by atomic mass is 16.7. The van der Waals surface area contributed by atoms with E-state index in [0.29, 0.717) is 11.6 Å². The summed E-state index contributed by atoms with van der Waals surface area (Å²) in [6, 6.07) is 3.77. The lowest BCUT2D eigenvalue weighted by Gasteiger charge is -2.05. The zero-order valence-electron chi connectivity index (χ0n) is 10.3. The molecule has 98 valence electrons. The van der Waals surface area contributed by atoms with Gasteiger partial charge >= 0.3 is 5.97 Å². The molecule has 0 bridgehead atoms. The molecule has 0 unspecified atom stereocenters. The molecule has 2 aromatic rings. The lowest BCUT2D eigenvalue weighted by atomic mass is 10.1. The number of carboxylic acids is 1. The molecular formula is C13H12N2O4. The van der Waals surface area contributed by atoms with Crippen molar-refractivity contribution in [3.8, 4) is 22.8 Å². The van der Waals surface area contributed by atoms with Gasteiger partial charge in [0.25, 0.3) is 0 Å². The number of aromatic nitrogens is 2. The van der Waals surface area contributed by atoms with Crippen LogP contribution in [0.25, 0.3) is 11.3 Å². The topological polar surface area (TPSA) is 84.4 Å². The van der Waals surface area contributed by atoms with Crippen LogP contribution in [-0.4, -0.2) is 27.8 Å². The number of rotatable bonds is 3. The first-order valence-electron chi connectivity index (χ1n) is 5.80. The second-order valence-corrected chi connectivity index (χ2v) is 4.33. The highest BCUT2D eigenvalue weighted by Crippen LogP contribution is 2.37. The lowest BCUT2D eigenvalue weighted by molar-refractivity contribution is -0.136. The number of fused-ring (bicyclic) bond motifs is 1. The van der Waals surface area contributed by atoms with Crippen LogP contribution < -0.4 is 9.47 Å². The summed E-state index contributed by atoms with van der Waals surface area (Å²) in [5.74, 6) is 0.935. The molecule has 1 aromatic carbocycles. The molecule has 0 radical (unpaired) electrons. The van der Waals surface area contributed by atoms with Crippen molar-refractivity contribution in [2.24, 2.45) is 0 Å². The standard InChI is InChI=1S/C13H12N2O4/c1-7-2-10-11(19-6-18-10)3-8(7)9-5-14-12(15-9)4-13(16)17/h2-3,5H,4,6H2,1H3,(H,14,15)(H,16,17). The number of benzene rings is 1. The third kappa shape index (κ3) is 2.12. The molecule has 1 aromatic heterocycles. The van der Waals surface area contributed by atoms with E-state index < -0.39 is 5.97 Å². The number of aromatic amines is 1. The van der Waals surface area contributed by atoms with Crippen molar-refractivity contribution < 1.29 is 19.4 Å². The van der Waals surface area contributed by atoms with Crippen LogP contribution in [0.15, 0.2) is 18.3 Å². The third-order valence-corrected chi connectivity index (χ3v) is 2.96. The quantitative estimate of drug-likeness (QED) is 0.878. The molecule has 1 aliphatic heterocycles. The van der Waals surface area contributed by atoms with Crippen molar-refractivity contribution in [1.29, 1.82) is 0 Å². The number of hydrogen-bond donors (Lipinski definition) is 2. The predicted molar refractivity (Wildman–Crippen MR) is 66.2 cm³/mol. The summed E-state index contributed by atoms with van der Waals surface area (Å²) in [4.78, 5) is 17.7. The monoisotopic (exact) mass is 260 g/mol. The van der Waals surface area contributed by atoms with Gasteiger partial charge in [0.15, 0.2) is 11.5 Å². The minimum atomic E-state index is -0.914. The average Bonchev–Trinajstić information content (AvgIpc) is 2.95. The number of carbonyl (C=O) groups is 1. The maximum atomic E-state index is 10.6. The van der Waals surface area contributed by atoms with E-state index in [1.165, 1.54) is 0 Å². The van der Waals surface area contributed by atoms with E-state index in [4.69, 9.17) is 14.6 Å². The van der Waals surface area contributed by atoms with Gasteiger partial charge in [-0.3, -0.25) is 4.79 Å². The molecule has 0 saturated heterocycles. The van der Waals surface area contributed by atoms with Gasteiger partial charge in [0.2, 0.25) is 6.79 Å². The Morgan fingerprint density at radius 2 is 2.16 bits per heavy atom. The van der Waals surface area contributed by atoms with Gasteiger partial charge < -0.3 is 19.6 Å². The molecular weight excluding hydrogens is 248 g/mol. The maximum absolute atomic E-state index is 10.6. The molecule has 6 nitrogen and oxygen atoms in total. The Balaban J connectivity index is 1.98. The second-order valence-electron chi connectivity index (χ2n) is 4.33. The van der Waals surface area contributed by atoms with Crippen molar-refractivity contribution in [3.05, 3.63) is 29.7 Å². The van der Waals surface area contributed by atoms with E-state index in [1.54, 1.807) is 6.20 Å². The smallest absolute Gasteiger partial charge is 0.311 e. The van der Waals surface area contributed by atoms with Gasteiger partial charge in [0, 0.05) is 5.56 Å². The molecule has 0 amide bonds. The number of ether oxygens (including phenoxy) is 2. The Kier molecular flexibility index (Phi) is 2.63. The second kappa shape index (κ2) is 4.31. The SMILES string of the molecule is Cc1cc2c(cc1-c1cnc(CC(=O)O)[nH]1)OCO2. The van der Waals surface area contributed by atoms with Crippen LogP contribution in [0.2, 0.25) is 0 Å². The van der Waals surface area contributed by atoms with Crippen molar-refractivity contribution in [3.63, 3.8) is 0 Å². The van der Waals surface area contributed by atoms with Gasteiger partial charge in [-0.15, -0.1) is 0 Å². The van der Waals surface area contributed by atoms with Crippen LogP contribution in [0.3, 0.4) is 0 Å². The number of H-pyrrole nitrogens is 1. The summed E-state index contributed by atoms with van der Waals surface area (Å²) < 4.78 is 10.6. The Morgan fingerprint density at radius 1 is 1.42 bits per heavy atom. The van der Waals surface area contributed by atoms with Crippen LogP contribution >= 0.6 is 0 Å². The van der Waals surface area contributed by atoms with Gasteiger partial charge in [-0.25, -0.2) is 4.98 Å². The van der Waals surface area contributed by atoms with Gasteiger partial charge in [-0.2, -0.15) is 0 Å². The molecule has 0 saturated carbocycles. The van der Waals surface area contributed by atoms with Crippen molar-refractivity contribution in [2.75, 3.05) is 6.79 Å². The first-order valence-corrected chi connectivity index (χ1v) is 5.80. The number of aryl methyl sites for hydroxylation is 1. The highest BCUT2D eigenvalue weighted by Gasteiger charge is 2.17. The van der Waals surface area contributed by atoms with Crippen molar-refractivity contribution in [1.82, 2.24) is 9.97 Å². The fraction of sp³-hybridized carbons (Fsp3) is 0.231. The Labute approximate surface area is 109 Å². The third-order valence-electron chi connectivity index (χ3n) is 2.96. The summed E-state index contributed by atoms with van der Waals surface area (Å²) >= 11 is 0. The zero-order valence-corrected chi connectivity index (χ0v) is 10.3. The molecule has 2 heterocycles. The molecule has 0 fully saturated rings. The predicted octanol–water partition coefficient (Wildman–Crippen LogP) is 1.74. The zero-order chi connectivity index (χ0) is 13.4. The fourth-order valence-electron chi connectivity index (χ4n) is 2.07. The first-order chi connectivity index (χ1) is 9.13. The molecule has 0 spiro atoms. The first kappa shape index (κ1) is 11.6. The van der Waals surface area contributed by atoms with E-state index in [1.807, 2.05) is 19.1 Å². The average molecular weight is 260 g/mol. The van der Waals surface area contributed by atoms with E-state index in [2.05, 4.69) is 9.97 Å². The number of hydrogen-bond acceptors (Lipinski definition) is 4. The molecule has 1 aliphatic rings. The van der Waals surface area contributed by atoms with E-state index in [-0.39, 0.29) is 13.2 Å². The highest BCUT2D eigenvalue weighted by molar-refractivity contribution is 5.71. The van der Waals surface area contributed by atoms with Crippen LogP contribution in [0.1, 0.15) is 11.4 Å². The summed E-state index contributed by atoms with van der Waals surface area (Å²) in [5.41, 5.74) is 2.70. The number of carboxylic acid groups (broad SMARTS) is 1. The molecule has 2 N–H and O–H groups in total. The van der Waals surface area contributed by atoms with Gasteiger partial charge in [-0.1, -0.05) is 0 Å². The molecule has 0 aliphatic carbocycles. The van der Waals surface area contributed by atoms with E-state index in [0.717, 1.165) is 22.6 Å². The van der Waals surface area contributed by atoms with E-state index in [9.17, 15) is 4.79 Å². The van der Waals surface area contributed by atoms with E-state index >= 15 is 0 Å². The molecule has 19 heavy (non-hydrogen) atoms. The maximum Gasteiger partial charge on any atom is 0.311 e. The van der Waals surface area contributed by atoms with Gasteiger partial charge in [0.1, 0.15) is 12.2 Å².